The first-order valence-corrected chi connectivity index (χ1v) is 10.7. The molecule has 29 heavy (non-hydrogen) atoms. The van der Waals surface area contributed by atoms with Crippen molar-refractivity contribution in [1.82, 2.24) is 4.90 Å². The third kappa shape index (κ3) is 4.56. The average molecular weight is 416 g/mol. The number of nitrogens with one attached hydrogen (secondary N) is 1. The SMILES string of the molecule is C[C@H](OC(=O)C[C@@H]1Sc2ccccc2NC1=O)C(=O)N(C)C1(C#N)CCCCC1. The van der Waals surface area contributed by atoms with E-state index >= 15 is 0 Å². The van der Waals surface area contributed by atoms with Gasteiger partial charge in [0.2, 0.25) is 5.91 Å². The van der Waals surface area contributed by atoms with Crippen LogP contribution < -0.4 is 5.32 Å². The molecule has 1 aromatic rings. The third-order valence-corrected chi connectivity index (χ3v) is 6.85. The smallest absolute Gasteiger partial charge is 0.308 e. The molecule has 2 atom stereocenters. The van der Waals surface area contributed by atoms with Gasteiger partial charge in [0.25, 0.3) is 5.91 Å². The number of carbonyl (C=O) groups excluding carboxylic acids is 3. The van der Waals surface area contributed by atoms with Gasteiger partial charge in [0.15, 0.2) is 6.10 Å². The molecule has 1 saturated carbocycles. The van der Waals surface area contributed by atoms with Crippen LogP contribution in [0.2, 0.25) is 0 Å². The number of fused-ring (bicyclic) bond motifs is 1. The highest BCUT2D eigenvalue weighted by Crippen LogP contribution is 2.37. The normalized spacial score (nSPS) is 21.1. The third-order valence-electron chi connectivity index (χ3n) is 5.58. The van der Waals surface area contributed by atoms with E-state index in [1.807, 2.05) is 24.3 Å². The Morgan fingerprint density at radius 3 is 2.72 bits per heavy atom. The number of nitriles is 1. The van der Waals surface area contributed by atoms with Crippen molar-refractivity contribution in [3.8, 4) is 6.07 Å². The van der Waals surface area contributed by atoms with Crippen molar-refractivity contribution < 1.29 is 19.1 Å². The maximum Gasteiger partial charge on any atom is 0.308 e. The molecule has 0 radical (unpaired) electrons. The summed E-state index contributed by atoms with van der Waals surface area (Å²) in [5.41, 5.74) is -0.106. The molecule has 3 rings (SSSR count). The molecule has 8 heteroatoms. The standard InChI is InChI=1S/C21H25N3O4S/c1-14(20(27)24(2)21(13-22)10-6-3-7-11-21)28-18(25)12-17-19(26)23-15-8-4-5-9-16(15)29-17/h4-5,8-9,14,17H,3,6-7,10-12H2,1-2H3,(H,23,26)/t14-,17-/m0/s1. The number of likely N-dealkylation sites (N-methyl/N-ethyl adjacent to an activating group) is 1. The van der Waals surface area contributed by atoms with Gasteiger partial charge in [0.1, 0.15) is 5.54 Å². The number of esters is 1. The Balaban J connectivity index is 1.58. The average Bonchev–Trinajstić information content (AvgIpc) is 2.73. The molecule has 1 N–H and O–H groups in total. The molecule has 0 unspecified atom stereocenters. The van der Waals surface area contributed by atoms with Crippen molar-refractivity contribution in [2.75, 3.05) is 12.4 Å². The number of benzene rings is 1. The Morgan fingerprint density at radius 2 is 2.03 bits per heavy atom. The number of hydrogen-bond acceptors (Lipinski definition) is 6. The minimum atomic E-state index is -1.01. The molecule has 2 aliphatic rings. The molecule has 2 amide bonds. The number of para-hydroxylation sites is 1. The largest absolute Gasteiger partial charge is 0.452 e. The van der Waals surface area contributed by atoms with Gasteiger partial charge in [-0.25, -0.2) is 0 Å². The summed E-state index contributed by atoms with van der Waals surface area (Å²) in [4.78, 5) is 39.7. The zero-order chi connectivity index (χ0) is 21.0. The lowest BCUT2D eigenvalue weighted by Crippen LogP contribution is -2.53. The molecule has 154 valence electrons. The highest BCUT2D eigenvalue weighted by molar-refractivity contribution is 8.01. The first kappa shape index (κ1) is 21.2. The zero-order valence-corrected chi connectivity index (χ0v) is 17.5. The van der Waals surface area contributed by atoms with E-state index in [0.29, 0.717) is 12.8 Å². The molecular weight excluding hydrogens is 390 g/mol. The van der Waals surface area contributed by atoms with Crippen LogP contribution in [0.15, 0.2) is 29.2 Å². The van der Waals surface area contributed by atoms with Gasteiger partial charge in [-0.05, 0) is 31.9 Å². The van der Waals surface area contributed by atoms with Gasteiger partial charge in [-0.3, -0.25) is 14.4 Å². The fraction of sp³-hybridized carbons (Fsp3) is 0.524. The van der Waals surface area contributed by atoms with Gasteiger partial charge >= 0.3 is 5.97 Å². The summed E-state index contributed by atoms with van der Waals surface area (Å²) in [5, 5.41) is 11.8. The molecule has 0 aromatic heterocycles. The van der Waals surface area contributed by atoms with Crippen molar-refractivity contribution in [3.05, 3.63) is 24.3 Å². The van der Waals surface area contributed by atoms with Gasteiger partial charge in [0, 0.05) is 11.9 Å². The molecule has 1 heterocycles. The van der Waals surface area contributed by atoms with Crippen LogP contribution in [-0.2, 0) is 19.1 Å². The van der Waals surface area contributed by atoms with E-state index in [4.69, 9.17) is 4.74 Å². The Kier molecular flexibility index (Phi) is 6.48. The number of ether oxygens (including phenoxy) is 1. The monoisotopic (exact) mass is 415 g/mol. The molecule has 0 spiro atoms. The Morgan fingerprint density at radius 1 is 1.34 bits per heavy atom. The first-order valence-electron chi connectivity index (χ1n) is 9.81. The number of thioether (sulfide) groups is 1. The summed E-state index contributed by atoms with van der Waals surface area (Å²) in [6.45, 7) is 1.51. The van der Waals surface area contributed by atoms with Crippen molar-refractivity contribution in [2.45, 2.75) is 67.2 Å². The summed E-state index contributed by atoms with van der Waals surface area (Å²) in [7, 11) is 1.60. The Labute approximate surface area is 174 Å². The summed E-state index contributed by atoms with van der Waals surface area (Å²) in [5.74, 6) is -1.26. The van der Waals surface area contributed by atoms with Crippen LogP contribution in [0.25, 0.3) is 0 Å². The maximum atomic E-state index is 12.8. The topological polar surface area (TPSA) is 99.5 Å². The molecule has 1 aliphatic carbocycles. The summed E-state index contributed by atoms with van der Waals surface area (Å²) < 4.78 is 5.32. The van der Waals surface area contributed by atoms with Gasteiger partial charge in [-0.1, -0.05) is 31.4 Å². The van der Waals surface area contributed by atoms with Gasteiger partial charge in [-0.2, -0.15) is 5.26 Å². The van der Waals surface area contributed by atoms with Crippen LogP contribution in [-0.4, -0.2) is 46.6 Å². The van der Waals surface area contributed by atoms with E-state index in [-0.39, 0.29) is 12.3 Å². The van der Waals surface area contributed by atoms with Crippen molar-refractivity contribution in [1.29, 1.82) is 5.26 Å². The number of carbonyl (C=O) groups is 3. The lowest BCUT2D eigenvalue weighted by atomic mass is 9.81. The number of hydrogen-bond donors (Lipinski definition) is 1. The second-order valence-corrected chi connectivity index (χ2v) is 8.77. The lowest BCUT2D eigenvalue weighted by molar-refractivity contribution is -0.161. The summed E-state index contributed by atoms with van der Waals surface area (Å²) in [6.07, 6.45) is 2.97. The van der Waals surface area contributed by atoms with Gasteiger partial charge in [0.05, 0.1) is 23.4 Å². The predicted octanol–water partition coefficient (Wildman–Crippen LogP) is 3.11. The number of amides is 2. The fourth-order valence-corrected chi connectivity index (χ4v) is 4.91. The van der Waals surface area contributed by atoms with Crippen molar-refractivity contribution >= 4 is 35.2 Å². The van der Waals surface area contributed by atoms with E-state index in [1.54, 1.807) is 7.05 Å². The van der Waals surface area contributed by atoms with E-state index in [0.717, 1.165) is 29.8 Å². The van der Waals surface area contributed by atoms with E-state index in [2.05, 4.69) is 11.4 Å². The zero-order valence-electron chi connectivity index (χ0n) is 16.6. The number of rotatable bonds is 5. The second kappa shape index (κ2) is 8.87. The fourth-order valence-electron chi connectivity index (χ4n) is 3.82. The van der Waals surface area contributed by atoms with E-state index < -0.39 is 28.8 Å². The van der Waals surface area contributed by atoms with Gasteiger partial charge in [-0.15, -0.1) is 11.8 Å². The molecular formula is C21H25N3O4S. The van der Waals surface area contributed by atoms with E-state index in [1.165, 1.54) is 23.6 Å². The molecule has 7 nitrogen and oxygen atoms in total. The highest BCUT2D eigenvalue weighted by atomic mass is 32.2. The lowest BCUT2D eigenvalue weighted by Gasteiger charge is -2.39. The molecule has 0 bridgehead atoms. The quantitative estimate of drug-likeness (QED) is 0.742. The van der Waals surface area contributed by atoms with Crippen LogP contribution >= 0.6 is 11.8 Å². The van der Waals surface area contributed by atoms with Gasteiger partial charge < -0.3 is 15.0 Å². The number of anilines is 1. The molecule has 0 saturated heterocycles. The van der Waals surface area contributed by atoms with Crippen molar-refractivity contribution in [2.24, 2.45) is 0 Å². The molecule has 1 aromatic carbocycles. The first-order chi connectivity index (χ1) is 13.9. The molecule has 1 aliphatic heterocycles. The summed E-state index contributed by atoms with van der Waals surface area (Å²) in [6, 6.07) is 9.68. The molecule has 1 fully saturated rings. The van der Waals surface area contributed by atoms with Crippen molar-refractivity contribution in [3.63, 3.8) is 0 Å². The minimum Gasteiger partial charge on any atom is -0.452 e. The summed E-state index contributed by atoms with van der Waals surface area (Å²) >= 11 is 1.31. The van der Waals surface area contributed by atoms with Crippen LogP contribution in [0.5, 0.6) is 0 Å². The van der Waals surface area contributed by atoms with Crippen LogP contribution in [0, 0.1) is 11.3 Å². The van der Waals surface area contributed by atoms with E-state index in [9.17, 15) is 19.6 Å². The van der Waals surface area contributed by atoms with Crippen LogP contribution in [0.3, 0.4) is 0 Å². The second-order valence-electron chi connectivity index (χ2n) is 7.53. The van der Waals surface area contributed by atoms with Crippen LogP contribution in [0.4, 0.5) is 5.69 Å². The maximum absolute atomic E-state index is 12.8. The minimum absolute atomic E-state index is 0.129. The highest BCUT2D eigenvalue weighted by Gasteiger charge is 2.41. The predicted molar refractivity (Wildman–Crippen MR) is 109 cm³/mol. The van der Waals surface area contributed by atoms with Crippen LogP contribution in [0.1, 0.15) is 45.4 Å². The Hall–Kier alpha value is -2.53. The number of nitrogens with zero attached hydrogens (tertiary/aromatic N) is 2. The Bertz CT molecular complexity index is 845.